The summed E-state index contributed by atoms with van der Waals surface area (Å²) >= 11 is 0. The van der Waals surface area contributed by atoms with Gasteiger partial charge in [-0.1, -0.05) is 0 Å². The topological polar surface area (TPSA) is 89.2 Å². The molecule has 0 saturated carbocycles. The number of nitrogens with zero attached hydrogens (tertiary/aromatic N) is 1. The normalized spacial score (nSPS) is 10.1. The monoisotopic (exact) mass is 260 g/mol. The van der Waals surface area contributed by atoms with E-state index < -0.39 is 5.91 Å². The fraction of sp³-hybridized carbons (Fsp3) is 0.154. The summed E-state index contributed by atoms with van der Waals surface area (Å²) in [4.78, 5) is 22.7. The van der Waals surface area contributed by atoms with Crippen molar-refractivity contribution in [2.24, 2.45) is 5.73 Å². The van der Waals surface area contributed by atoms with Gasteiger partial charge in [0, 0.05) is 6.07 Å². The molecule has 2 aromatic rings. The van der Waals surface area contributed by atoms with Gasteiger partial charge in [-0.05, 0) is 18.2 Å². The van der Waals surface area contributed by atoms with Crippen molar-refractivity contribution in [1.29, 1.82) is 0 Å². The third-order valence-electron chi connectivity index (χ3n) is 2.51. The number of hydrogen-bond acceptors (Lipinski definition) is 3. The molecule has 19 heavy (non-hydrogen) atoms. The SMILES string of the molecule is NC(=O)c1ccc[n+](CC(=O)NCc2ccco2)c1. The van der Waals surface area contributed by atoms with Crippen LogP contribution in [0.1, 0.15) is 16.1 Å². The highest BCUT2D eigenvalue weighted by atomic mass is 16.3. The summed E-state index contributed by atoms with van der Waals surface area (Å²) in [7, 11) is 0. The zero-order valence-electron chi connectivity index (χ0n) is 10.2. The standard InChI is InChI=1S/C13H13N3O3/c14-13(18)10-3-1-5-16(8-10)9-12(17)15-7-11-4-2-6-19-11/h1-6,8H,7,9H2,(H2-,14,15,17,18)/p+1. The van der Waals surface area contributed by atoms with Crippen molar-refractivity contribution in [2.75, 3.05) is 0 Å². The molecule has 0 unspecified atom stereocenters. The van der Waals surface area contributed by atoms with E-state index in [1.165, 1.54) is 6.20 Å². The predicted molar refractivity (Wildman–Crippen MR) is 65.7 cm³/mol. The van der Waals surface area contributed by atoms with Gasteiger partial charge in [-0.15, -0.1) is 0 Å². The second kappa shape index (κ2) is 5.81. The Morgan fingerprint density at radius 2 is 2.16 bits per heavy atom. The zero-order valence-corrected chi connectivity index (χ0v) is 10.2. The first kappa shape index (κ1) is 12.8. The van der Waals surface area contributed by atoms with Crippen LogP contribution in [0.25, 0.3) is 0 Å². The average molecular weight is 260 g/mol. The number of furan rings is 1. The van der Waals surface area contributed by atoms with Gasteiger partial charge in [-0.3, -0.25) is 9.59 Å². The van der Waals surface area contributed by atoms with Gasteiger partial charge in [-0.25, -0.2) is 0 Å². The first-order valence-corrected chi connectivity index (χ1v) is 5.73. The van der Waals surface area contributed by atoms with Crippen molar-refractivity contribution in [3.63, 3.8) is 0 Å². The third kappa shape index (κ3) is 3.67. The van der Waals surface area contributed by atoms with E-state index in [4.69, 9.17) is 10.2 Å². The fourth-order valence-corrected chi connectivity index (χ4v) is 1.59. The molecule has 3 N–H and O–H groups in total. The number of aromatic nitrogens is 1. The van der Waals surface area contributed by atoms with Gasteiger partial charge in [0.15, 0.2) is 12.4 Å². The summed E-state index contributed by atoms with van der Waals surface area (Å²) in [5.74, 6) is -0.0161. The van der Waals surface area contributed by atoms with Crippen LogP contribution < -0.4 is 15.6 Å². The Bertz CT molecular complexity index is 579. The van der Waals surface area contributed by atoms with Crippen LogP contribution in [0.5, 0.6) is 0 Å². The lowest BCUT2D eigenvalue weighted by Crippen LogP contribution is -2.43. The number of amides is 2. The predicted octanol–water partition coefficient (Wildman–Crippen LogP) is -0.0176. The van der Waals surface area contributed by atoms with Crippen molar-refractivity contribution in [3.8, 4) is 0 Å². The molecule has 6 heteroatoms. The Morgan fingerprint density at radius 1 is 1.32 bits per heavy atom. The van der Waals surface area contributed by atoms with Crippen LogP contribution in [-0.4, -0.2) is 11.8 Å². The quantitative estimate of drug-likeness (QED) is 0.740. The molecule has 0 fully saturated rings. The van der Waals surface area contributed by atoms with Crippen LogP contribution in [0.3, 0.4) is 0 Å². The molecule has 98 valence electrons. The van der Waals surface area contributed by atoms with Crippen LogP contribution in [0.4, 0.5) is 0 Å². The number of rotatable bonds is 5. The van der Waals surface area contributed by atoms with Gasteiger partial charge < -0.3 is 15.5 Å². The Morgan fingerprint density at radius 3 is 2.84 bits per heavy atom. The number of hydrogen-bond donors (Lipinski definition) is 2. The maximum Gasteiger partial charge on any atom is 0.286 e. The van der Waals surface area contributed by atoms with E-state index in [1.807, 2.05) is 0 Å². The highest BCUT2D eigenvalue weighted by Gasteiger charge is 2.12. The minimum atomic E-state index is -0.523. The van der Waals surface area contributed by atoms with Gasteiger partial charge in [0.2, 0.25) is 6.54 Å². The van der Waals surface area contributed by atoms with Crippen LogP contribution in [0.2, 0.25) is 0 Å². The lowest BCUT2D eigenvalue weighted by molar-refractivity contribution is -0.684. The van der Waals surface area contributed by atoms with E-state index in [0.717, 1.165) is 0 Å². The second-order valence-electron chi connectivity index (χ2n) is 3.99. The molecule has 6 nitrogen and oxygen atoms in total. The van der Waals surface area contributed by atoms with E-state index in [9.17, 15) is 9.59 Å². The van der Waals surface area contributed by atoms with Crippen LogP contribution in [0.15, 0.2) is 47.3 Å². The molecule has 2 heterocycles. The number of carbonyl (C=O) groups is 2. The van der Waals surface area contributed by atoms with Gasteiger partial charge >= 0.3 is 0 Å². The van der Waals surface area contributed by atoms with E-state index in [0.29, 0.717) is 17.9 Å². The van der Waals surface area contributed by atoms with E-state index >= 15 is 0 Å². The summed E-state index contributed by atoms with van der Waals surface area (Å²) < 4.78 is 6.70. The molecule has 0 aliphatic rings. The molecule has 0 spiro atoms. The Labute approximate surface area is 109 Å². The molecular weight excluding hydrogens is 246 g/mol. The summed E-state index contributed by atoms with van der Waals surface area (Å²) in [5.41, 5.74) is 5.53. The van der Waals surface area contributed by atoms with Crippen LogP contribution >= 0.6 is 0 Å². The maximum absolute atomic E-state index is 11.7. The van der Waals surface area contributed by atoms with Crippen molar-refractivity contribution >= 4 is 11.8 Å². The summed E-state index contributed by atoms with van der Waals surface area (Å²) in [6.07, 6.45) is 4.78. The van der Waals surface area contributed by atoms with Gasteiger partial charge in [0.05, 0.1) is 12.8 Å². The number of nitrogens with one attached hydrogen (secondary N) is 1. The number of carbonyl (C=O) groups excluding carboxylic acids is 2. The molecular formula is C13H14N3O3+. The molecule has 0 radical (unpaired) electrons. The number of pyridine rings is 1. The van der Waals surface area contributed by atoms with Crippen molar-refractivity contribution in [1.82, 2.24) is 5.32 Å². The van der Waals surface area contributed by atoms with Gasteiger partial charge in [0.25, 0.3) is 11.8 Å². The molecule has 0 bridgehead atoms. The Hall–Kier alpha value is -2.63. The van der Waals surface area contributed by atoms with Crippen molar-refractivity contribution < 1.29 is 18.6 Å². The third-order valence-corrected chi connectivity index (χ3v) is 2.51. The van der Waals surface area contributed by atoms with Crippen molar-refractivity contribution in [2.45, 2.75) is 13.1 Å². The molecule has 0 saturated heterocycles. The second-order valence-corrected chi connectivity index (χ2v) is 3.99. The molecule has 2 rings (SSSR count). The zero-order chi connectivity index (χ0) is 13.7. The minimum absolute atomic E-state index is 0.113. The highest BCUT2D eigenvalue weighted by Crippen LogP contribution is 1.98. The van der Waals surface area contributed by atoms with Crippen LogP contribution in [0, 0.1) is 0 Å². The smallest absolute Gasteiger partial charge is 0.286 e. The minimum Gasteiger partial charge on any atom is -0.467 e. The Balaban J connectivity index is 1.91. The van der Waals surface area contributed by atoms with Gasteiger partial charge in [0.1, 0.15) is 11.3 Å². The highest BCUT2D eigenvalue weighted by molar-refractivity contribution is 5.92. The lowest BCUT2D eigenvalue weighted by atomic mass is 10.3. The maximum atomic E-state index is 11.7. The number of primary amides is 1. The molecule has 2 amide bonds. The molecule has 0 atom stereocenters. The fourth-order valence-electron chi connectivity index (χ4n) is 1.59. The average Bonchev–Trinajstić information content (AvgIpc) is 2.90. The van der Waals surface area contributed by atoms with E-state index in [1.54, 1.807) is 41.3 Å². The van der Waals surface area contributed by atoms with E-state index in [-0.39, 0.29) is 12.5 Å². The molecule has 0 aromatic carbocycles. The largest absolute Gasteiger partial charge is 0.467 e. The summed E-state index contributed by atoms with van der Waals surface area (Å²) in [5, 5.41) is 2.71. The first-order valence-electron chi connectivity index (χ1n) is 5.73. The first-order chi connectivity index (χ1) is 9.15. The molecule has 2 aromatic heterocycles. The van der Waals surface area contributed by atoms with Gasteiger partial charge in [-0.2, -0.15) is 4.57 Å². The molecule has 0 aliphatic carbocycles. The summed E-state index contributed by atoms with van der Waals surface area (Å²) in [6.45, 7) is 0.448. The van der Waals surface area contributed by atoms with Crippen LogP contribution in [-0.2, 0) is 17.9 Å². The lowest BCUT2D eigenvalue weighted by Gasteiger charge is -2.01. The van der Waals surface area contributed by atoms with E-state index in [2.05, 4.69) is 5.32 Å². The number of nitrogens with two attached hydrogens (primary N) is 1. The molecule has 0 aliphatic heterocycles. The van der Waals surface area contributed by atoms with Crippen molar-refractivity contribution in [3.05, 3.63) is 54.2 Å². The Kier molecular flexibility index (Phi) is 3.92. The summed E-state index contributed by atoms with van der Waals surface area (Å²) in [6, 6.07) is 6.80.